The average molecular weight is 437 g/mol. The predicted octanol–water partition coefficient (Wildman–Crippen LogP) is 3.95. The van der Waals surface area contributed by atoms with Crippen LogP contribution in [0.1, 0.15) is 30.0 Å². The van der Waals surface area contributed by atoms with E-state index in [-0.39, 0.29) is 37.2 Å². The van der Waals surface area contributed by atoms with E-state index in [1.54, 1.807) is 20.4 Å². The Morgan fingerprint density at radius 1 is 1.07 bits per heavy atom. The summed E-state index contributed by atoms with van der Waals surface area (Å²) in [5.41, 5.74) is 2.28. The fourth-order valence-corrected chi connectivity index (χ4v) is 3.34. The molecule has 1 aromatic heterocycles. The number of nitrogens with one attached hydrogen (secondary N) is 2. The number of piperidine rings is 1. The van der Waals surface area contributed by atoms with Crippen LogP contribution in [0.15, 0.2) is 42.6 Å². The minimum Gasteiger partial charge on any atom is -0.496 e. The molecule has 1 saturated heterocycles. The van der Waals surface area contributed by atoms with Gasteiger partial charge in [0.1, 0.15) is 5.75 Å². The molecule has 2 N–H and O–H groups in total. The second kappa shape index (κ2) is 13.0. The number of methoxy groups -OCH3 is 2. The van der Waals surface area contributed by atoms with Gasteiger partial charge >= 0.3 is 0 Å². The maximum atomic E-state index is 5.46. The van der Waals surface area contributed by atoms with E-state index >= 15 is 0 Å². The number of hydrogen-bond acceptors (Lipinski definition) is 5. The number of halogens is 3. The topological polar surface area (TPSA) is 55.4 Å². The molecule has 8 heteroatoms. The maximum Gasteiger partial charge on any atom is 0.221 e. The van der Waals surface area contributed by atoms with Crippen molar-refractivity contribution in [1.82, 2.24) is 15.6 Å². The summed E-state index contributed by atoms with van der Waals surface area (Å²) in [6.07, 6.45) is 4.01. The summed E-state index contributed by atoms with van der Waals surface area (Å²) in [5, 5.41) is 7.31. The summed E-state index contributed by atoms with van der Waals surface area (Å²) < 4.78 is 10.9. The number of benzene rings is 1. The lowest BCUT2D eigenvalue weighted by Crippen LogP contribution is -2.45. The van der Waals surface area contributed by atoms with E-state index in [0.29, 0.717) is 24.5 Å². The molecule has 0 amide bonds. The average Bonchev–Trinajstić information content (AvgIpc) is 2.67. The van der Waals surface area contributed by atoms with Gasteiger partial charge in [-0.1, -0.05) is 30.3 Å². The van der Waals surface area contributed by atoms with E-state index in [1.165, 1.54) is 12.0 Å². The Hall–Kier alpha value is -1.24. The number of rotatable bonds is 6. The van der Waals surface area contributed by atoms with E-state index in [2.05, 4.69) is 45.9 Å². The summed E-state index contributed by atoms with van der Waals surface area (Å²) in [6, 6.07) is 13.1. The maximum absolute atomic E-state index is 5.46. The molecule has 2 aromatic rings. The van der Waals surface area contributed by atoms with Crippen molar-refractivity contribution in [2.24, 2.45) is 0 Å². The van der Waals surface area contributed by atoms with Crippen molar-refractivity contribution in [2.45, 2.75) is 31.5 Å². The van der Waals surface area contributed by atoms with Crippen molar-refractivity contribution in [3.05, 3.63) is 53.7 Å². The van der Waals surface area contributed by atoms with Crippen LogP contribution in [0.4, 0.5) is 0 Å². The first-order chi connectivity index (χ1) is 11.8. The molecule has 5 nitrogen and oxygen atoms in total. The van der Waals surface area contributed by atoms with Crippen LogP contribution in [0.5, 0.6) is 11.6 Å². The van der Waals surface area contributed by atoms with Crippen molar-refractivity contribution >= 4 is 37.2 Å². The molecular weight excluding hydrogens is 409 g/mol. The van der Waals surface area contributed by atoms with Gasteiger partial charge in [-0.25, -0.2) is 4.98 Å². The molecule has 0 bridgehead atoms. The molecule has 0 radical (unpaired) electrons. The first-order valence-electron chi connectivity index (χ1n) is 8.41. The second-order valence-electron chi connectivity index (χ2n) is 5.97. The van der Waals surface area contributed by atoms with Crippen LogP contribution in [-0.4, -0.2) is 31.8 Å². The van der Waals surface area contributed by atoms with E-state index in [9.17, 15) is 0 Å². The van der Waals surface area contributed by atoms with Gasteiger partial charge < -0.3 is 20.1 Å². The van der Waals surface area contributed by atoms with Crippen LogP contribution in [0.3, 0.4) is 0 Å². The lowest BCUT2D eigenvalue weighted by Gasteiger charge is -2.34. The Morgan fingerprint density at radius 3 is 2.48 bits per heavy atom. The van der Waals surface area contributed by atoms with Gasteiger partial charge in [0.2, 0.25) is 5.88 Å². The minimum atomic E-state index is 0. The highest BCUT2D eigenvalue weighted by Crippen LogP contribution is 2.28. The molecule has 0 spiro atoms. The van der Waals surface area contributed by atoms with Gasteiger partial charge in [-0.15, -0.1) is 37.2 Å². The fraction of sp³-hybridized carbons (Fsp3) is 0.421. The van der Waals surface area contributed by atoms with Gasteiger partial charge in [-0.3, -0.25) is 0 Å². The summed E-state index contributed by atoms with van der Waals surface area (Å²) in [4.78, 5) is 4.29. The van der Waals surface area contributed by atoms with Gasteiger partial charge in [0, 0.05) is 24.8 Å². The first-order valence-corrected chi connectivity index (χ1v) is 8.41. The van der Waals surface area contributed by atoms with Crippen molar-refractivity contribution in [2.75, 3.05) is 20.8 Å². The van der Waals surface area contributed by atoms with Crippen LogP contribution in [0.25, 0.3) is 0 Å². The zero-order valence-corrected chi connectivity index (χ0v) is 18.0. The number of aromatic nitrogens is 1. The molecule has 0 saturated carbocycles. The third-order valence-corrected chi connectivity index (χ3v) is 4.54. The van der Waals surface area contributed by atoms with Crippen molar-refractivity contribution in [1.29, 1.82) is 0 Å². The van der Waals surface area contributed by atoms with Gasteiger partial charge in [-0.2, -0.15) is 0 Å². The molecule has 0 unspecified atom stereocenters. The van der Waals surface area contributed by atoms with Crippen LogP contribution in [-0.2, 0) is 6.54 Å². The molecule has 0 aliphatic carbocycles. The van der Waals surface area contributed by atoms with Gasteiger partial charge in [0.05, 0.1) is 19.8 Å². The Kier molecular flexibility index (Phi) is 12.4. The molecular formula is C19H28Cl3N3O2. The summed E-state index contributed by atoms with van der Waals surface area (Å²) in [5.74, 6) is 1.41. The van der Waals surface area contributed by atoms with Crippen molar-refractivity contribution in [3.63, 3.8) is 0 Å². The fourth-order valence-electron chi connectivity index (χ4n) is 3.34. The number of ether oxygens (including phenoxy) is 2. The van der Waals surface area contributed by atoms with Gasteiger partial charge in [-0.05, 0) is 31.0 Å². The van der Waals surface area contributed by atoms with Crippen molar-refractivity contribution in [3.8, 4) is 11.6 Å². The largest absolute Gasteiger partial charge is 0.496 e. The highest BCUT2D eigenvalue weighted by molar-refractivity contribution is 5.86. The first kappa shape index (κ1) is 25.8. The number of pyridine rings is 1. The third kappa shape index (κ3) is 6.40. The molecule has 1 aliphatic rings. The van der Waals surface area contributed by atoms with Gasteiger partial charge in [0.15, 0.2) is 0 Å². The Balaban J connectivity index is 0.00000225. The zero-order chi connectivity index (χ0) is 16.8. The molecule has 2 heterocycles. The van der Waals surface area contributed by atoms with E-state index < -0.39 is 0 Å². The molecule has 152 valence electrons. The highest BCUT2D eigenvalue weighted by Gasteiger charge is 2.26. The van der Waals surface area contributed by atoms with E-state index in [1.807, 2.05) is 6.07 Å². The smallest absolute Gasteiger partial charge is 0.221 e. The highest BCUT2D eigenvalue weighted by atomic mass is 35.5. The normalized spacial score (nSPS) is 18.3. The zero-order valence-electron chi connectivity index (χ0n) is 15.5. The van der Waals surface area contributed by atoms with Crippen LogP contribution >= 0.6 is 37.2 Å². The second-order valence-corrected chi connectivity index (χ2v) is 5.97. The molecule has 1 aliphatic heterocycles. The SMILES string of the molecule is COc1ccnc(OC)c1CN[C@H]1CCCN[C@H]1c1ccccc1.Cl.Cl.Cl. The predicted molar refractivity (Wildman–Crippen MR) is 116 cm³/mol. The molecule has 1 aromatic carbocycles. The number of hydrogen-bond donors (Lipinski definition) is 2. The van der Waals surface area contributed by atoms with E-state index in [0.717, 1.165) is 24.3 Å². The molecule has 2 atom stereocenters. The lowest BCUT2D eigenvalue weighted by atomic mass is 9.92. The summed E-state index contributed by atoms with van der Waals surface area (Å²) >= 11 is 0. The molecule has 1 fully saturated rings. The Morgan fingerprint density at radius 2 is 1.81 bits per heavy atom. The summed E-state index contributed by atoms with van der Waals surface area (Å²) in [7, 11) is 3.31. The number of nitrogens with zero attached hydrogens (tertiary/aromatic N) is 1. The third-order valence-electron chi connectivity index (χ3n) is 4.54. The van der Waals surface area contributed by atoms with Crippen molar-refractivity contribution < 1.29 is 9.47 Å². The van der Waals surface area contributed by atoms with Crippen LogP contribution in [0.2, 0.25) is 0 Å². The summed E-state index contributed by atoms with van der Waals surface area (Å²) in [6.45, 7) is 1.72. The monoisotopic (exact) mass is 435 g/mol. The molecule has 27 heavy (non-hydrogen) atoms. The van der Waals surface area contributed by atoms with Crippen LogP contribution < -0.4 is 20.1 Å². The quantitative estimate of drug-likeness (QED) is 0.718. The Bertz CT molecular complexity index is 640. The van der Waals surface area contributed by atoms with Crippen LogP contribution in [0, 0.1) is 0 Å². The lowest BCUT2D eigenvalue weighted by molar-refractivity contribution is 0.299. The molecule has 3 rings (SSSR count). The Labute approximate surface area is 179 Å². The minimum absolute atomic E-state index is 0. The van der Waals surface area contributed by atoms with Gasteiger partial charge in [0.25, 0.3) is 0 Å². The standard InChI is InChI=1S/C19H25N3O2.3ClH/c1-23-17-10-12-21-19(24-2)15(17)13-22-16-9-6-11-20-18(16)14-7-4-3-5-8-14;;;/h3-5,7-8,10,12,16,18,20,22H,6,9,11,13H2,1-2H3;3*1H/t16-,18-;;;/m0.../s1. The van der Waals surface area contributed by atoms with E-state index in [4.69, 9.17) is 9.47 Å².